The molecular formula is C15H28N2O. The number of rotatable bonds is 3. The maximum Gasteiger partial charge on any atom is 0.239 e. The smallest absolute Gasteiger partial charge is 0.239 e. The zero-order valence-corrected chi connectivity index (χ0v) is 12.0. The van der Waals surface area contributed by atoms with Crippen LogP contribution < -0.4 is 5.32 Å². The molecule has 3 atom stereocenters. The summed E-state index contributed by atoms with van der Waals surface area (Å²) in [6.07, 6.45) is 8.67. The summed E-state index contributed by atoms with van der Waals surface area (Å²) in [5, 5.41) is 3.34. The van der Waals surface area contributed by atoms with Gasteiger partial charge >= 0.3 is 0 Å². The van der Waals surface area contributed by atoms with Gasteiger partial charge in [-0.15, -0.1) is 0 Å². The lowest BCUT2D eigenvalue weighted by Gasteiger charge is -2.40. The fourth-order valence-corrected chi connectivity index (χ4v) is 3.60. The summed E-state index contributed by atoms with van der Waals surface area (Å²) in [6, 6.07) is 0.584. The number of likely N-dealkylation sites (tertiary alicyclic amines) is 1. The van der Waals surface area contributed by atoms with Crippen LogP contribution in [0.1, 0.15) is 58.8 Å². The molecule has 1 N–H and O–H groups in total. The van der Waals surface area contributed by atoms with Crippen LogP contribution in [-0.2, 0) is 4.79 Å². The molecular weight excluding hydrogens is 224 g/mol. The van der Waals surface area contributed by atoms with E-state index in [1.54, 1.807) is 0 Å². The molecule has 0 bridgehead atoms. The van der Waals surface area contributed by atoms with Crippen molar-refractivity contribution in [1.29, 1.82) is 0 Å². The topological polar surface area (TPSA) is 32.3 Å². The van der Waals surface area contributed by atoms with E-state index in [2.05, 4.69) is 24.1 Å². The SMILES string of the molecule is CCNC1CCCN(C2CCCCCC2C)C1=O. The number of hydrogen-bond acceptors (Lipinski definition) is 2. The van der Waals surface area contributed by atoms with E-state index in [0.29, 0.717) is 17.9 Å². The molecule has 2 aliphatic rings. The maximum absolute atomic E-state index is 12.5. The van der Waals surface area contributed by atoms with E-state index >= 15 is 0 Å². The molecule has 0 spiro atoms. The monoisotopic (exact) mass is 252 g/mol. The Hall–Kier alpha value is -0.570. The highest BCUT2D eigenvalue weighted by Crippen LogP contribution is 2.29. The van der Waals surface area contributed by atoms with Gasteiger partial charge in [0.25, 0.3) is 0 Å². The zero-order valence-electron chi connectivity index (χ0n) is 12.0. The molecule has 0 aromatic rings. The Balaban J connectivity index is 2.03. The van der Waals surface area contributed by atoms with Crippen LogP contribution in [0.25, 0.3) is 0 Å². The van der Waals surface area contributed by atoms with Crippen molar-refractivity contribution in [1.82, 2.24) is 10.2 Å². The average molecular weight is 252 g/mol. The van der Waals surface area contributed by atoms with E-state index in [9.17, 15) is 4.79 Å². The summed E-state index contributed by atoms with van der Waals surface area (Å²) >= 11 is 0. The van der Waals surface area contributed by atoms with Crippen molar-refractivity contribution in [2.75, 3.05) is 13.1 Å². The molecule has 3 unspecified atom stereocenters. The highest BCUT2D eigenvalue weighted by Gasteiger charge is 2.35. The second kappa shape index (κ2) is 6.55. The summed E-state index contributed by atoms with van der Waals surface area (Å²) in [6.45, 7) is 6.29. The lowest BCUT2D eigenvalue weighted by atomic mass is 9.92. The lowest BCUT2D eigenvalue weighted by molar-refractivity contribution is -0.139. The molecule has 0 radical (unpaired) electrons. The molecule has 3 nitrogen and oxygen atoms in total. The fraction of sp³-hybridized carbons (Fsp3) is 0.933. The molecule has 0 aromatic heterocycles. The Bertz CT molecular complexity index is 278. The summed E-state index contributed by atoms with van der Waals surface area (Å²) in [4.78, 5) is 14.7. The molecule has 2 rings (SSSR count). The number of nitrogens with zero attached hydrogens (tertiary/aromatic N) is 1. The van der Waals surface area contributed by atoms with Crippen LogP contribution in [0.2, 0.25) is 0 Å². The summed E-state index contributed by atoms with van der Waals surface area (Å²) in [5.41, 5.74) is 0. The summed E-state index contributed by atoms with van der Waals surface area (Å²) in [7, 11) is 0. The van der Waals surface area contributed by atoms with Crippen molar-refractivity contribution < 1.29 is 4.79 Å². The van der Waals surface area contributed by atoms with Crippen LogP contribution >= 0.6 is 0 Å². The first-order valence-electron chi connectivity index (χ1n) is 7.78. The lowest BCUT2D eigenvalue weighted by Crippen LogP contribution is -2.55. The van der Waals surface area contributed by atoms with Gasteiger partial charge in [0.2, 0.25) is 5.91 Å². The minimum Gasteiger partial charge on any atom is -0.338 e. The van der Waals surface area contributed by atoms with Crippen LogP contribution in [0, 0.1) is 5.92 Å². The molecule has 1 aliphatic heterocycles. The normalized spacial score (nSPS) is 34.4. The minimum atomic E-state index is 0.0826. The van der Waals surface area contributed by atoms with Crippen molar-refractivity contribution in [3.8, 4) is 0 Å². The third kappa shape index (κ3) is 3.05. The molecule has 3 heteroatoms. The van der Waals surface area contributed by atoms with E-state index in [0.717, 1.165) is 25.9 Å². The van der Waals surface area contributed by atoms with Crippen molar-refractivity contribution in [3.63, 3.8) is 0 Å². The zero-order chi connectivity index (χ0) is 13.0. The molecule has 104 valence electrons. The number of likely N-dealkylation sites (N-methyl/N-ethyl adjacent to an activating group) is 1. The standard InChI is InChI=1S/C15H28N2O/c1-3-16-13-9-7-11-17(15(13)18)14-10-6-4-5-8-12(14)2/h12-14,16H,3-11H2,1-2H3. The molecule has 18 heavy (non-hydrogen) atoms. The molecule has 1 amide bonds. The van der Waals surface area contributed by atoms with Crippen LogP contribution in [0.3, 0.4) is 0 Å². The predicted octanol–water partition coefficient (Wildman–Crippen LogP) is 2.56. The number of amides is 1. The van der Waals surface area contributed by atoms with Gasteiger partial charge in [-0.1, -0.05) is 33.1 Å². The van der Waals surface area contributed by atoms with Gasteiger partial charge < -0.3 is 10.2 Å². The molecule has 0 aromatic carbocycles. The van der Waals surface area contributed by atoms with Crippen LogP contribution in [0.4, 0.5) is 0 Å². The largest absolute Gasteiger partial charge is 0.338 e. The van der Waals surface area contributed by atoms with Crippen molar-refractivity contribution in [2.24, 2.45) is 5.92 Å². The predicted molar refractivity (Wildman–Crippen MR) is 74.4 cm³/mol. The van der Waals surface area contributed by atoms with Crippen LogP contribution in [0.15, 0.2) is 0 Å². The highest BCUT2D eigenvalue weighted by atomic mass is 16.2. The Morgan fingerprint density at radius 1 is 1.17 bits per heavy atom. The van der Waals surface area contributed by atoms with Crippen molar-refractivity contribution in [3.05, 3.63) is 0 Å². The Kier molecular flexibility index (Phi) is 5.04. The number of carbonyl (C=O) groups is 1. The van der Waals surface area contributed by atoms with Gasteiger partial charge in [0.05, 0.1) is 6.04 Å². The van der Waals surface area contributed by atoms with E-state index in [1.165, 1.54) is 32.1 Å². The van der Waals surface area contributed by atoms with Crippen molar-refractivity contribution in [2.45, 2.75) is 70.9 Å². The number of carbonyl (C=O) groups excluding carboxylic acids is 1. The van der Waals surface area contributed by atoms with Crippen LogP contribution in [-0.4, -0.2) is 36.0 Å². The Labute approximate surface area is 111 Å². The van der Waals surface area contributed by atoms with Crippen molar-refractivity contribution >= 4 is 5.91 Å². The number of piperidine rings is 1. The third-order valence-electron chi connectivity index (χ3n) is 4.64. The van der Waals surface area contributed by atoms with Gasteiger partial charge in [0.1, 0.15) is 0 Å². The quantitative estimate of drug-likeness (QED) is 0.783. The molecule has 1 aliphatic carbocycles. The van der Waals surface area contributed by atoms with Gasteiger partial charge in [-0.05, 0) is 38.1 Å². The second-order valence-corrected chi connectivity index (χ2v) is 5.97. The Morgan fingerprint density at radius 3 is 2.72 bits per heavy atom. The van der Waals surface area contributed by atoms with E-state index < -0.39 is 0 Å². The Morgan fingerprint density at radius 2 is 1.94 bits per heavy atom. The number of hydrogen-bond donors (Lipinski definition) is 1. The molecule has 1 saturated carbocycles. The average Bonchev–Trinajstić information content (AvgIpc) is 2.57. The molecule has 2 fully saturated rings. The number of nitrogens with one attached hydrogen (secondary N) is 1. The highest BCUT2D eigenvalue weighted by molar-refractivity contribution is 5.83. The second-order valence-electron chi connectivity index (χ2n) is 5.97. The first-order valence-corrected chi connectivity index (χ1v) is 7.78. The van der Waals surface area contributed by atoms with E-state index in [4.69, 9.17) is 0 Å². The third-order valence-corrected chi connectivity index (χ3v) is 4.64. The first-order chi connectivity index (χ1) is 8.74. The van der Waals surface area contributed by atoms with E-state index in [-0.39, 0.29) is 6.04 Å². The van der Waals surface area contributed by atoms with Gasteiger partial charge in [0.15, 0.2) is 0 Å². The van der Waals surface area contributed by atoms with Gasteiger partial charge in [-0.2, -0.15) is 0 Å². The fourth-order valence-electron chi connectivity index (χ4n) is 3.60. The first kappa shape index (κ1) is 13.9. The maximum atomic E-state index is 12.5. The van der Waals surface area contributed by atoms with Gasteiger partial charge in [-0.3, -0.25) is 4.79 Å². The minimum absolute atomic E-state index is 0.0826. The summed E-state index contributed by atoms with van der Waals surface area (Å²) in [5.74, 6) is 1.04. The van der Waals surface area contributed by atoms with Crippen LogP contribution in [0.5, 0.6) is 0 Å². The van der Waals surface area contributed by atoms with Gasteiger partial charge in [-0.25, -0.2) is 0 Å². The summed E-state index contributed by atoms with van der Waals surface area (Å²) < 4.78 is 0. The van der Waals surface area contributed by atoms with E-state index in [1.807, 2.05) is 0 Å². The molecule has 1 heterocycles. The van der Waals surface area contributed by atoms with Gasteiger partial charge in [0, 0.05) is 12.6 Å². The molecule has 1 saturated heterocycles.